The van der Waals surface area contributed by atoms with Crippen molar-refractivity contribution in [3.05, 3.63) is 54.4 Å². The standard InChI is InChI=1S/C13H11N3/c1-10-6-7-14-13(8-10)16-9-11-4-2-3-5-12(11)15-16/h2-9H,1H3. The zero-order valence-corrected chi connectivity index (χ0v) is 8.96. The van der Waals surface area contributed by atoms with Crippen LogP contribution in [-0.2, 0) is 0 Å². The van der Waals surface area contributed by atoms with E-state index in [1.807, 2.05) is 48.1 Å². The smallest absolute Gasteiger partial charge is 0.153 e. The number of nitrogens with zero attached hydrogens (tertiary/aromatic N) is 3. The van der Waals surface area contributed by atoms with Gasteiger partial charge in [0.25, 0.3) is 0 Å². The maximum absolute atomic E-state index is 4.48. The number of pyridine rings is 1. The van der Waals surface area contributed by atoms with Crippen LogP contribution in [0.25, 0.3) is 16.7 Å². The largest absolute Gasteiger partial charge is 0.237 e. The van der Waals surface area contributed by atoms with Crippen molar-refractivity contribution in [2.75, 3.05) is 0 Å². The second-order valence-corrected chi connectivity index (χ2v) is 3.82. The van der Waals surface area contributed by atoms with Gasteiger partial charge in [0.15, 0.2) is 5.82 Å². The summed E-state index contributed by atoms with van der Waals surface area (Å²) < 4.78 is 1.82. The maximum atomic E-state index is 4.48. The summed E-state index contributed by atoms with van der Waals surface area (Å²) in [4.78, 5) is 4.31. The lowest BCUT2D eigenvalue weighted by Crippen LogP contribution is -1.97. The molecule has 1 aromatic carbocycles. The van der Waals surface area contributed by atoms with Gasteiger partial charge in [-0.15, -0.1) is 0 Å². The number of aromatic nitrogens is 3. The summed E-state index contributed by atoms with van der Waals surface area (Å²) in [6.07, 6.45) is 3.80. The average molecular weight is 209 g/mol. The Morgan fingerprint density at radius 2 is 2.00 bits per heavy atom. The van der Waals surface area contributed by atoms with E-state index in [-0.39, 0.29) is 0 Å². The molecule has 2 aromatic heterocycles. The first-order valence-electron chi connectivity index (χ1n) is 5.20. The van der Waals surface area contributed by atoms with Gasteiger partial charge in [0.05, 0.1) is 5.52 Å². The highest BCUT2D eigenvalue weighted by Crippen LogP contribution is 2.14. The first-order valence-corrected chi connectivity index (χ1v) is 5.20. The van der Waals surface area contributed by atoms with Gasteiger partial charge in [0, 0.05) is 17.8 Å². The first kappa shape index (κ1) is 9.09. The van der Waals surface area contributed by atoms with E-state index < -0.39 is 0 Å². The zero-order valence-electron chi connectivity index (χ0n) is 8.96. The Balaban J connectivity index is 2.19. The molecule has 3 aromatic rings. The molecule has 78 valence electrons. The molecule has 0 atom stereocenters. The molecule has 3 nitrogen and oxygen atoms in total. The van der Waals surface area contributed by atoms with E-state index in [4.69, 9.17) is 0 Å². The average Bonchev–Trinajstić information content (AvgIpc) is 2.72. The molecule has 3 heteroatoms. The van der Waals surface area contributed by atoms with Gasteiger partial charge in [-0.3, -0.25) is 0 Å². The molecule has 16 heavy (non-hydrogen) atoms. The molecule has 0 spiro atoms. The van der Waals surface area contributed by atoms with Crippen LogP contribution < -0.4 is 0 Å². The molecule has 0 saturated heterocycles. The van der Waals surface area contributed by atoms with E-state index in [1.165, 1.54) is 5.56 Å². The van der Waals surface area contributed by atoms with E-state index in [2.05, 4.69) is 16.1 Å². The van der Waals surface area contributed by atoms with Crippen LogP contribution in [0.1, 0.15) is 5.56 Å². The van der Waals surface area contributed by atoms with E-state index in [1.54, 1.807) is 6.20 Å². The Labute approximate surface area is 93.4 Å². The van der Waals surface area contributed by atoms with Crippen LogP contribution in [0.2, 0.25) is 0 Å². The van der Waals surface area contributed by atoms with Crippen molar-refractivity contribution in [3.63, 3.8) is 0 Å². The lowest BCUT2D eigenvalue weighted by molar-refractivity contribution is 0.858. The minimum absolute atomic E-state index is 0.858. The number of hydrogen-bond donors (Lipinski definition) is 0. The molecule has 0 radical (unpaired) electrons. The third-order valence-corrected chi connectivity index (χ3v) is 2.55. The Kier molecular flexibility index (Phi) is 1.96. The third-order valence-electron chi connectivity index (χ3n) is 2.55. The Morgan fingerprint density at radius 1 is 1.12 bits per heavy atom. The van der Waals surface area contributed by atoms with E-state index in [0.29, 0.717) is 0 Å². The third kappa shape index (κ3) is 1.46. The topological polar surface area (TPSA) is 30.7 Å². The molecule has 0 aliphatic heterocycles. The highest BCUT2D eigenvalue weighted by molar-refractivity contribution is 5.78. The van der Waals surface area contributed by atoms with Crippen LogP contribution >= 0.6 is 0 Å². The van der Waals surface area contributed by atoms with Crippen molar-refractivity contribution < 1.29 is 0 Å². The summed E-state index contributed by atoms with van der Waals surface area (Å²) in [5, 5.41) is 5.61. The summed E-state index contributed by atoms with van der Waals surface area (Å²) in [5.74, 6) is 0.858. The molecule has 0 fully saturated rings. The SMILES string of the molecule is Cc1ccnc(-n2cc3ccccc3n2)c1. The summed E-state index contributed by atoms with van der Waals surface area (Å²) in [6.45, 7) is 2.05. The molecule has 0 bridgehead atoms. The van der Waals surface area contributed by atoms with Gasteiger partial charge in [0.2, 0.25) is 0 Å². The fourth-order valence-corrected chi connectivity index (χ4v) is 1.73. The molecule has 0 amide bonds. The van der Waals surface area contributed by atoms with Crippen LogP contribution in [0.5, 0.6) is 0 Å². The number of aryl methyl sites for hydroxylation is 1. The number of fused-ring (bicyclic) bond motifs is 1. The Bertz CT molecular complexity index is 607. The molecular formula is C13H11N3. The Hall–Kier alpha value is -2.16. The molecule has 0 N–H and O–H groups in total. The molecule has 2 heterocycles. The fourth-order valence-electron chi connectivity index (χ4n) is 1.73. The molecule has 0 unspecified atom stereocenters. The van der Waals surface area contributed by atoms with Crippen molar-refractivity contribution in [2.24, 2.45) is 0 Å². The second-order valence-electron chi connectivity index (χ2n) is 3.82. The minimum Gasteiger partial charge on any atom is -0.237 e. The van der Waals surface area contributed by atoms with Crippen molar-refractivity contribution in [2.45, 2.75) is 6.92 Å². The van der Waals surface area contributed by atoms with Crippen molar-refractivity contribution in [3.8, 4) is 5.82 Å². The maximum Gasteiger partial charge on any atom is 0.153 e. The fraction of sp³-hybridized carbons (Fsp3) is 0.0769. The van der Waals surface area contributed by atoms with Gasteiger partial charge in [-0.1, -0.05) is 18.2 Å². The van der Waals surface area contributed by atoms with Crippen LogP contribution in [-0.4, -0.2) is 14.8 Å². The van der Waals surface area contributed by atoms with E-state index in [9.17, 15) is 0 Å². The first-order chi connectivity index (χ1) is 7.83. The van der Waals surface area contributed by atoms with Crippen LogP contribution in [0.4, 0.5) is 0 Å². The molecule has 0 aliphatic rings. The molecule has 0 aliphatic carbocycles. The lowest BCUT2D eigenvalue weighted by atomic mass is 10.3. The van der Waals surface area contributed by atoms with Gasteiger partial charge in [-0.2, -0.15) is 5.10 Å². The quantitative estimate of drug-likeness (QED) is 0.617. The van der Waals surface area contributed by atoms with Gasteiger partial charge in [0.1, 0.15) is 0 Å². The van der Waals surface area contributed by atoms with E-state index in [0.717, 1.165) is 16.7 Å². The highest BCUT2D eigenvalue weighted by atomic mass is 15.3. The normalized spacial score (nSPS) is 10.8. The molecule has 3 rings (SSSR count). The number of benzene rings is 1. The highest BCUT2D eigenvalue weighted by Gasteiger charge is 2.02. The number of rotatable bonds is 1. The van der Waals surface area contributed by atoms with Gasteiger partial charge < -0.3 is 0 Å². The van der Waals surface area contributed by atoms with Crippen molar-refractivity contribution >= 4 is 10.9 Å². The summed E-state index contributed by atoms with van der Waals surface area (Å²) >= 11 is 0. The van der Waals surface area contributed by atoms with Crippen molar-refractivity contribution in [1.29, 1.82) is 0 Å². The lowest BCUT2D eigenvalue weighted by Gasteiger charge is -1.99. The van der Waals surface area contributed by atoms with Crippen LogP contribution in [0.15, 0.2) is 48.8 Å². The summed E-state index contributed by atoms with van der Waals surface area (Å²) in [5.41, 5.74) is 2.18. The summed E-state index contributed by atoms with van der Waals surface area (Å²) in [7, 11) is 0. The van der Waals surface area contributed by atoms with E-state index >= 15 is 0 Å². The predicted octanol–water partition coefficient (Wildman–Crippen LogP) is 2.73. The van der Waals surface area contributed by atoms with Gasteiger partial charge in [-0.05, 0) is 30.7 Å². The molecule has 0 saturated carbocycles. The molecular weight excluding hydrogens is 198 g/mol. The summed E-state index contributed by atoms with van der Waals surface area (Å²) in [6, 6.07) is 12.1. The minimum atomic E-state index is 0.858. The van der Waals surface area contributed by atoms with Crippen LogP contribution in [0.3, 0.4) is 0 Å². The van der Waals surface area contributed by atoms with Gasteiger partial charge >= 0.3 is 0 Å². The van der Waals surface area contributed by atoms with Crippen molar-refractivity contribution in [1.82, 2.24) is 14.8 Å². The number of hydrogen-bond acceptors (Lipinski definition) is 2. The zero-order chi connectivity index (χ0) is 11.0. The Morgan fingerprint density at radius 3 is 2.81 bits per heavy atom. The monoisotopic (exact) mass is 209 g/mol. The second kappa shape index (κ2) is 3.45. The van der Waals surface area contributed by atoms with Crippen LogP contribution in [0, 0.1) is 6.92 Å². The van der Waals surface area contributed by atoms with Gasteiger partial charge in [-0.25, -0.2) is 9.67 Å². The predicted molar refractivity (Wildman–Crippen MR) is 63.6 cm³/mol.